The second-order valence-electron chi connectivity index (χ2n) is 4.75. The summed E-state index contributed by atoms with van der Waals surface area (Å²) in [6.07, 6.45) is 9.72. The minimum atomic E-state index is 0.614. The van der Waals surface area contributed by atoms with Gasteiger partial charge in [0.25, 0.3) is 0 Å². The first-order valence-corrected chi connectivity index (χ1v) is 8.66. The summed E-state index contributed by atoms with van der Waals surface area (Å²) in [4.78, 5) is 1.37. The number of rotatable bonds is 10. The zero-order chi connectivity index (χ0) is 13.1. The van der Waals surface area contributed by atoms with Crippen molar-refractivity contribution in [2.75, 3.05) is 5.75 Å². The average Bonchev–Trinajstić information content (AvgIpc) is 2.42. The second kappa shape index (κ2) is 10.8. The normalized spacial score (nSPS) is 10.8. The van der Waals surface area contributed by atoms with Crippen LogP contribution in [0, 0.1) is 0 Å². The van der Waals surface area contributed by atoms with E-state index in [9.17, 15) is 0 Å². The van der Waals surface area contributed by atoms with Crippen molar-refractivity contribution in [3.05, 3.63) is 29.8 Å². The average molecular weight is 285 g/mol. The summed E-state index contributed by atoms with van der Waals surface area (Å²) in [7, 11) is 0. The Bertz CT molecular complexity index is 294. The van der Waals surface area contributed by atoms with Gasteiger partial charge in [0.1, 0.15) is 0 Å². The van der Waals surface area contributed by atoms with E-state index in [0.717, 1.165) is 0 Å². The lowest BCUT2D eigenvalue weighted by Gasteiger charge is -2.03. The molecule has 0 aliphatic rings. The third-order valence-electron chi connectivity index (χ3n) is 3.09. The molecule has 2 heteroatoms. The SMILES string of the molecule is CCCCCCCCCSc1ccc(CCl)cc1. The maximum atomic E-state index is 5.77. The van der Waals surface area contributed by atoms with Crippen LogP contribution in [0.1, 0.15) is 57.4 Å². The molecule has 0 aromatic heterocycles. The third kappa shape index (κ3) is 7.33. The molecular weight excluding hydrogens is 260 g/mol. The fourth-order valence-corrected chi connectivity index (χ4v) is 3.01. The van der Waals surface area contributed by atoms with Gasteiger partial charge in [0.15, 0.2) is 0 Å². The molecule has 0 heterocycles. The standard InChI is InChI=1S/C16H25ClS/c1-2-3-4-5-6-7-8-13-18-16-11-9-15(14-17)10-12-16/h9-12H,2-8,13-14H2,1H3. The van der Waals surface area contributed by atoms with Crippen molar-refractivity contribution in [1.29, 1.82) is 0 Å². The minimum Gasteiger partial charge on any atom is -0.126 e. The molecular formula is C16H25ClS. The molecule has 0 aliphatic carbocycles. The van der Waals surface area contributed by atoms with Crippen LogP contribution < -0.4 is 0 Å². The number of thioether (sulfide) groups is 1. The molecule has 0 bridgehead atoms. The topological polar surface area (TPSA) is 0 Å². The molecule has 0 nitrogen and oxygen atoms in total. The predicted octanol–water partition coefficient (Wildman–Crippen LogP) is 6.27. The molecule has 0 atom stereocenters. The second-order valence-corrected chi connectivity index (χ2v) is 6.18. The molecule has 0 N–H and O–H groups in total. The van der Waals surface area contributed by atoms with Crippen LogP contribution in [0.25, 0.3) is 0 Å². The van der Waals surface area contributed by atoms with Gasteiger partial charge in [0.05, 0.1) is 0 Å². The molecule has 0 spiro atoms. The predicted molar refractivity (Wildman–Crippen MR) is 84.7 cm³/mol. The molecule has 0 saturated carbocycles. The molecule has 1 aromatic rings. The van der Waals surface area contributed by atoms with Gasteiger partial charge >= 0.3 is 0 Å². The number of alkyl halides is 1. The molecule has 0 fully saturated rings. The fraction of sp³-hybridized carbons (Fsp3) is 0.625. The summed E-state index contributed by atoms with van der Waals surface area (Å²) in [5, 5.41) is 0. The van der Waals surface area contributed by atoms with Gasteiger partial charge in [-0.05, 0) is 29.9 Å². The molecule has 0 amide bonds. The summed E-state index contributed by atoms with van der Waals surface area (Å²) < 4.78 is 0. The Morgan fingerprint density at radius 2 is 1.50 bits per heavy atom. The number of hydrogen-bond donors (Lipinski definition) is 0. The van der Waals surface area contributed by atoms with Crippen molar-refractivity contribution in [2.45, 2.75) is 62.6 Å². The quantitative estimate of drug-likeness (QED) is 0.277. The molecule has 0 saturated heterocycles. The Labute approximate surface area is 122 Å². The van der Waals surface area contributed by atoms with E-state index >= 15 is 0 Å². The first kappa shape index (κ1) is 15.9. The van der Waals surface area contributed by atoms with E-state index in [-0.39, 0.29) is 0 Å². The van der Waals surface area contributed by atoms with Crippen molar-refractivity contribution >= 4 is 23.4 Å². The summed E-state index contributed by atoms with van der Waals surface area (Å²) in [6, 6.07) is 8.62. The van der Waals surface area contributed by atoms with E-state index in [1.54, 1.807) is 0 Å². The number of halogens is 1. The van der Waals surface area contributed by atoms with Crippen LogP contribution in [-0.4, -0.2) is 5.75 Å². The van der Waals surface area contributed by atoms with Gasteiger partial charge in [-0.2, -0.15) is 0 Å². The number of benzene rings is 1. The van der Waals surface area contributed by atoms with Crippen LogP contribution >= 0.6 is 23.4 Å². The lowest BCUT2D eigenvalue weighted by molar-refractivity contribution is 0.603. The Morgan fingerprint density at radius 3 is 2.11 bits per heavy atom. The van der Waals surface area contributed by atoms with Gasteiger partial charge in [0, 0.05) is 10.8 Å². The highest BCUT2D eigenvalue weighted by Crippen LogP contribution is 2.21. The van der Waals surface area contributed by atoms with Crippen molar-refractivity contribution in [3.8, 4) is 0 Å². The van der Waals surface area contributed by atoms with Gasteiger partial charge < -0.3 is 0 Å². The molecule has 0 radical (unpaired) electrons. The van der Waals surface area contributed by atoms with E-state index in [1.165, 1.54) is 61.2 Å². The zero-order valence-electron chi connectivity index (χ0n) is 11.5. The fourth-order valence-electron chi connectivity index (χ4n) is 1.92. The van der Waals surface area contributed by atoms with Crippen LogP contribution in [0.3, 0.4) is 0 Å². The highest BCUT2D eigenvalue weighted by molar-refractivity contribution is 7.99. The molecule has 18 heavy (non-hydrogen) atoms. The van der Waals surface area contributed by atoms with Crippen molar-refractivity contribution < 1.29 is 0 Å². The highest BCUT2D eigenvalue weighted by Gasteiger charge is 1.96. The van der Waals surface area contributed by atoms with Crippen LogP contribution in [0.15, 0.2) is 29.2 Å². The van der Waals surface area contributed by atoms with Gasteiger partial charge in [-0.15, -0.1) is 23.4 Å². The summed E-state index contributed by atoms with van der Waals surface area (Å²) in [5.41, 5.74) is 1.21. The maximum Gasteiger partial charge on any atom is 0.0474 e. The van der Waals surface area contributed by atoms with Gasteiger partial charge in [-0.25, -0.2) is 0 Å². The van der Waals surface area contributed by atoms with Crippen molar-refractivity contribution in [3.63, 3.8) is 0 Å². The Hall–Kier alpha value is -0.140. The largest absolute Gasteiger partial charge is 0.126 e. The van der Waals surface area contributed by atoms with E-state index in [0.29, 0.717) is 5.88 Å². The first-order chi connectivity index (χ1) is 8.86. The summed E-state index contributed by atoms with van der Waals surface area (Å²) >= 11 is 7.73. The Morgan fingerprint density at radius 1 is 0.889 bits per heavy atom. The highest BCUT2D eigenvalue weighted by atomic mass is 35.5. The van der Waals surface area contributed by atoms with Crippen LogP contribution in [0.5, 0.6) is 0 Å². The van der Waals surface area contributed by atoms with Gasteiger partial charge in [0.2, 0.25) is 0 Å². The third-order valence-corrected chi connectivity index (χ3v) is 4.50. The van der Waals surface area contributed by atoms with Crippen LogP contribution in [0.4, 0.5) is 0 Å². The van der Waals surface area contributed by atoms with Crippen molar-refractivity contribution in [1.82, 2.24) is 0 Å². The van der Waals surface area contributed by atoms with Crippen LogP contribution in [0.2, 0.25) is 0 Å². The van der Waals surface area contributed by atoms with Gasteiger partial charge in [-0.1, -0.05) is 57.6 Å². The van der Waals surface area contributed by atoms with E-state index in [4.69, 9.17) is 11.6 Å². The monoisotopic (exact) mass is 284 g/mol. The minimum absolute atomic E-state index is 0.614. The van der Waals surface area contributed by atoms with E-state index in [2.05, 4.69) is 31.2 Å². The van der Waals surface area contributed by atoms with Crippen LogP contribution in [-0.2, 0) is 5.88 Å². The Kier molecular flexibility index (Phi) is 9.51. The molecule has 0 unspecified atom stereocenters. The maximum absolute atomic E-state index is 5.77. The zero-order valence-corrected chi connectivity index (χ0v) is 13.0. The Balaban J connectivity index is 2.00. The lowest BCUT2D eigenvalue weighted by atomic mass is 10.1. The van der Waals surface area contributed by atoms with Crippen molar-refractivity contribution in [2.24, 2.45) is 0 Å². The molecule has 0 aliphatic heterocycles. The lowest BCUT2D eigenvalue weighted by Crippen LogP contribution is -1.83. The number of unbranched alkanes of at least 4 members (excludes halogenated alkanes) is 6. The molecule has 102 valence electrons. The van der Waals surface area contributed by atoms with E-state index < -0.39 is 0 Å². The van der Waals surface area contributed by atoms with E-state index in [1.807, 2.05) is 11.8 Å². The smallest absolute Gasteiger partial charge is 0.0474 e. The summed E-state index contributed by atoms with van der Waals surface area (Å²) in [6.45, 7) is 2.27. The van der Waals surface area contributed by atoms with Gasteiger partial charge in [-0.3, -0.25) is 0 Å². The number of hydrogen-bond acceptors (Lipinski definition) is 1. The first-order valence-electron chi connectivity index (χ1n) is 7.14. The molecule has 1 rings (SSSR count). The summed E-state index contributed by atoms with van der Waals surface area (Å²) in [5.74, 6) is 1.86. The molecule has 1 aromatic carbocycles.